The van der Waals surface area contributed by atoms with Crippen molar-refractivity contribution in [2.75, 3.05) is 6.54 Å². The van der Waals surface area contributed by atoms with Crippen molar-refractivity contribution in [3.05, 3.63) is 76.5 Å². The maximum Gasteiger partial charge on any atom is 0.418 e. The predicted octanol–water partition coefficient (Wildman–Crippen LogP) is 6.82. The third-order valence-corrected chi connectivity index (χ3v) is 6.45. The Morgan fingerprint density at radius 2 is 1.91 bits per heavy atom. The number of alkyl halides is 3. The highest BCUT2D eigenvalue weighted by atomic mass is 32.1. The number of aromatic nitrogens is 1. The molecule has 1 N–H and O–H groups in total. The summed E-state index contributed by atoms with van der Waals surface area (Å²) < 4.78 is 42.3. The van der Waals surface area contributed by atoms with Crippen molar-refractivity contribution in [3.8, 4) is 0 Å². The third kappa shape index (κ3) is 5.24. The van der Waals surface area contributed by atoms with Gasteiger partial charge in [-0.2, -0.15) is 13.2 Å². The van der Waals surface area contributed by atoms with Crippen molar-refractivity contribution in [3.63, 3.8) is 0 Å². The van der Waals surface area contributed by atoms with Gasteiger partial charge >= 0.3 is 6.18 Å². The number of benzene rings is 1. The lowest BCUT2D eigenvalue weighted by molar-refractivity contribution is -0.136. The summed E-state index contributed by atoms with van der Waals surface area (Å²) in [7, 11) is 0. The second-order valence-corrected chi connectivity index (χ2v) is 9.19. The number of pyridine rings is 1. The van der Waals surface area contributed by atoms with E-state index < -0.39 is 17.6 Å². The Hall–Kier alpha value is -2.80. The molecule has 3 nitrogen and oxygen atoms in total. The van der Waals surface area contributed by atoms with Gasteiger partial charge in [0.1, 0.15) is 5.69 Å². The number of allylic oxidation sites excluding steroid dienone is 5. The van der Waals surface area contributed by atoms with E-state index in [1.165, 1.54) is 12.1 Å². The summed E-state index contributed by atoms with van der Waals surface area (Å²) >= 11 is 5.37. The van der Waals surface area contributed by atoms with Crippen LogP contribution in [0.15, 0.2) is 54.2 Å². The average molecular weight is 471 g/mol. The second-order valence-electron chi connectivity index (χ2n) is 8.58. The molecule has 2 aliphatic rings. The molecule has 7 heteroatoms. The van der Waals surface area contributed by atoms with Gasteiger partial charge in [-0.3, -0.25) is 4.79 Å². The highest BCUT2D eigenvalue weighted by Gasteiger charge is 2.35. The number of rotatable bonds is 5. The first-order valence-corrected chi connectivity index (χ1v) is 11.5. The van der Waals surface area contributed by atoms with E-state index in [2.05, 4.69) is 10.3 Å². The van der Waals surface area contributed by atoms with Crippen LogP contribution in [0.5, 0.6) is 0 Å². The van der Waals surface area contributed by atoms with E-state index in [1.807, 2.05) is 30.4 Å². The Balaban J connectivity index is 1.77. The number of hydrogen-bond donors (Lipinski definition) is 1. The molecule has 0 aliphatic heterocycles. The van der Waals surface area contributed by atoms with Crippen LogP contribution < -0.4 is 5.32 Å². The summed E-state index contributed by atoms with van der Waals surface area (Å²) in [5.41, 5.74) is 1.00. The first-order valence-electron chi connectivity index (χ1n) is 11.1. The molecule has 0 spiro atoms. The van der Waals surface area contributed by atoms with Crippen molar-refractivity contribution in [2.24, 2.45) is 0 Å². The number of carbonyl (C=O) groups excluding carboxylic acids is 1. The molecule has 2 aliphatic carbocycles. The first-order chi connectivity index (χ1) is 15.7. The Morgan fingerprint density at radius 1 is 1.15 bits per heavy atom. The largest absolute Gasteiger partial charge is 0.418 e. The van der Waals surface area contributed by atoms with Crippen molar-refractivity contribution in [1.82, 2.24) is 10.3 Å². The van der Waals surface area contributed by atoms with Gasteiger partial charge in [0.15, 0.2) is 0 Å². The molecule has 1 heterocycles. The maximum absolute atomic E-state index is 14.1. The highest BCUT2D eigenvalue weighted by molar-refractivity contribution is 7.80. The van der Waals surface area contributed by atoms with Gasteiger partial charge in [-0.15, -0.1) is 0 Å². The number of nitrogens with one attached hydrogen (secondary N) is 1. The predicted molar refractivity (Wildman–Crippen MR) is 129 cm³/mol. The van der Waals surface area contributed by atoms with Gasteiger partial charge in [0.25, 0.3) is 5.91 Å². The number of thiocarbonyl (C=S) groups is 1. The third-order valence-electron chi connectivity index (χ3n) is 6.23. The molecule has 33 heavy (non-hydrogen) atoms. The molecule has 1 amide bonds. The zero-order chi connectivity index (χ0) is 23.6. The van der Waals surface area contributed by atoms with Crippen molar-refractivity contribution in [1.29, 1.82) is 0 Å². The summed E-state index contributed by atoms with van der Waals surface area (Å²) in [5, 5.41) is 3.14. The minimum Gasteiger partial charge on any atom is -0.347 e. The van der Waals surface area contributed by atoms with E-state index in [-0.39, 0.29) is 23.7 Å². The molecule has 2 aromatic rings. The summed E-state index contributed by atoms with van der Waals surface area (Å²) in [4.78, 5) is 17.5. The number of carbonyl (C=O) groups is 1. The molecule has 0 radical (unpaired) electrons. The minimum atomic E-state index is -4.59. The number of amides is 1. The molecule has 1 aromatic heterocycles. The molecule has 0 unspecified atom stereocenters. The average Bonchev–Trinajstić information content (AvgIpc) is 3.19. The summed E-state index contributed by atoms with van der Waals surface area (Å²) in [5.74, 6) is -0.423. The van der Waals surface area contributed by atoms with E-state index in [0.29, 0.717) is 27.8 Å². The van der Waals surface area contributed by atoms with Crippen LogP contribution in [0, 0.1) is 0 Å². The lowest BCUT2D eigenvalue weighted by Crippen LogP contribution is -2.27. The molecule has 0 bridgehead atoms. The van der Waals surface area contributed by atoms with Crippen molar-refractivity contribution in [2.45, 2.75) is 51.1 Å². The van der Waals surface area contributed by atoms with Crippen LogP contribution in [0.4, 0.5) is 13.2 Å². The SMILES string of the molecule is CC(=S)c1cc(C(=O)NCC2=CC=CC=CC2)nc2c(C(F)(F)F)cc(C3CCCC3)cc12. The van der Waals surface area contributed by atoms with E-state index in [1.54, 1.807) is 13.0 Å². The lowest BCUT2D eigenvalue weighted by Gasteiger charge is -2.18. The Labute approximate surface area is 196 Å². The number of nitrogens with zero attached hydrogens (tertiary/aromatic N) is 1. The summed E-state index contributed by atoms with van der Waals surface area (Å²) in [6.45, 7) is 1.95. The number of hydrogen-bond acceptors (Lipinski definition) is 3. The zero-order valence-electron chi connectivity index (χ0n) is 18.3. The smallest absolute Gasteiger partial charge is 0.347 e. The van der Waals surface area contributed by atoms with Gasteiger partial charge in [-0.1, -0.05) is 55.4 Å². The first kappa shape index (κ1) is 23.4. The fourth-order valence-corrected chi connectivity index (χ4v) is 4.67. The van der Waals surface area contributed by atoms with Crippen LogP contribution in [0.1, 0.15) is 72.1 Å². The van der Waals surface area contributed by atoms with Gasteiger partial charge in [0.05, 0.1) is 11.1 Å². The van der Waals surface area contributed by atoms with E-state index in [4.69, 9.17) is 12.2 Å². The molecule has 172 valence electrons. The zero-order valence-corrected chi connectivity index (χ0v) is 19.2. The molecular weight excluding hydrogens is 445 g/mol. The van der Waals surface area contributed by atoms with E-state index in [9.17, 15) is 18.0 Å². The summed E-state index contributed by atoms with van der Waals surface area (Å²) in [6.07, 6.45) is 9.46. The molecular formula is C26H25F3N2OS. The van der Waals surface area contributed by atoms with Gasteiger partial charge in [0, 0.05) is 16.8 Å². The van der Waals surface area contributed by atoms with E-state index >= 15 is 0 Å². The van der Waals surface area contributed by atoms with Gasteiger partial charge < -0.3 is 5.32 Å². The molecule has 1 saturated carbocycles. The molecule has 0 atom stereocenters. The molecule has 1 aromatic carbocycles. The normalized spacial score (nSPS) is 16.7. The standard InChI is InChI=1S/C26H25F3N2OS/c1-16(33)20-14-23(25(32)30-15-17-8-4-2-3-5-9-17)31-24-21(20)12-19(18-10-6-7-11-18)13-22(24)26(27,28)29/h2-5,8,12-14,18H,6-7,9-11,15H2,1H3,(H,30,32). The fourth-order valence-electron chi connectivity index (χ4n) is 4.51. The minimum absolute atomic E-state index is 0.0684. The Bertz CT molecular complexity index is 1190. The highest BCUT2D eigenvalue weighted by Crippen LogP contribution is 2.41. The fraction of sp³-hybridized carbons (Fsp3) is 0.346. The molecule has 4 rings (SSSR count). The summed E-state index contributed by atoms with van der Waals surface area (Å²) in [6, 6.07) is 4.51. The van der Waals surface area contributed by atoms with Crippen LogP contribution in [0.3, 0.4) is 0 Å². The van der Waals surface area contributed by atoms with Gasteiger partial charge in [-0.05, 0) is 67.0 Å². The lowest BCUT2D eigenvalue weighted by atomic mass is 9.91. The number of fused-ring (bicyclic) bond motifs is 1. The molecule has 1 fully saturated rings. The Kier molecular flexibility index (Phi) is 6.79. The topological polar surface area (TPSA) is 42.0 Å². The van der Waals surface area contributed by atoms with Gasteiger partial charge in [0.2, 0.25) is 0 Å². The molecule has 0 saturated heterocycles. The Morgan fingerprint density at radius 3 is 2.61 bits per heavy atom. The van der Waals surface area contributed by atoms with Gasteiger partial charge in [-0.25, -0.2) is 4.98 Å². The van der Waals surface area contributed by atoms with Crippen LogP contribution >= 0.6 is 12.2 Å². The van der Waals surface area contributed by atoms with Crippen molar-refractivity contribution >= 4 is 33.9 Å². The van der Waals surface area contributed by atoms with Crippen LogP contribution in [-0.4, -0.2) is 22.3 Å². The number of halogens is 3. The van der Waals surface area contributed by atoms with Crippen LogP contribution in [-0.2, 0) is 6.18 Å². The quantitative estimate of drug-likeness (QED) is 0.385. The second kappa shape index (κ2) is 9.59. The maximum atomic E-state index is 14.1. The monoisotopic (exact) mass is 470 g/mol. The van der Waals surface area contributed by atoms with Crippen LogP contribution in [0.25, 0.3) is 10.9 Å². The van der Waals surface area contributed by atoms with Crippen LogP contribution in [0.2, 0.25) is 0 Å². The van der Waals surface area contributed by atoms with E-state index in [0.717, 1.165) is 31.3 Å². The van der Waals surface area contributed by atoms with Crippen molar-refractivity contribution < 1.29 is 18.0 Å².